The molecule has 0 spiro atoms. The number of ether oxygens (including phenoxy) is 1. The summed E-state index contributed by atoms with van der Waals surface area (Å²) in [6.07, 6.45) is 0.848. The molecule has 1 heterocycles. The number of rotatable bonds is 4. The highest BCUT2D eigenvalue weighted by Crippen LogP contribution is 2.37. The maximum atomic E-state index is 5.85. The third-order valence-corrected chi connectivity index (χ3v) is 4.68. The first kappa shape index (κ1) is 16.2. The molecule has 26 heavy (non-hydrogen) atoms. The second-order valence-corrected chi connectivity index (χ2v) is 6.34. The molecule has 0 saturated carbocycles. The van der Waals surface area contributed by atoms with Crippen molar-refractivity contribution in [3.05, 3.63) is 90.0 Å². The minimum absolute atomic E-state index is 0.139. The van der Waals surface area contributed by atoms with Gasteiger partial charge in [-0.3, -0.25) is 5.01 Å². The van der Waals surface area contributed by atoms with E-state index >= 15 is 0 Å². The van der Waals surface area contributed by atoms with Gasteiger partial charge in [-0.25, -0.2) is 0 Å². The third-order valence-electron chi connectivity index (χ3n) is 4.68. The molecule has 4 nitrogen and oxygen atoms in total. The van der Waals surface area contributed by atoms with Crippen molar-refractivity contribution in [2.75, 3.05) is 17.9 Å². The lowest BCUT2D eigenvalue weighted by Gasteiger charge is -2.24. The van der Waals surface area contributed by atoms with E-state index in [9.17, 15) is 0 Å². The van der Waals surface area contributed by atoms with Crippen LogP contribution in [0.5, 0.6) is 5.75 Å². The summed E-state index contributed by atoms with van der Waals surface area (Å²) in [5, 5.41) is 7.02. The monoisotopic (exact) mass is 343 g/mol. The summed E-state index contributed by atoms with van der Waals surface area (Å²) >= 11 is 0. The van der Waals surface area contributed by atoms with E-state index in [1.54, 1.807) is 7.11 Å². The van der Waals surface area contributed by atoms with Crippen LogP contribution in [-0.4, -0.2) is 12.8 Å². The van der Waals surface area contributed by atoms with Crippen molar-refractivity contribution in [2.45, 2.75) is 12.5 Å². The summed E-state index contributed by atoms with van der Waals surface area (Å²) in [4.78, 5) is 0. The van der Waals surface area contributed by atoms with Crippen LogP contribution in [0.15, 0.2) is 84.0 Å². The Kier molecular flexibility index (Phi) is 4.32. The van der Waals surface area contributed by atoms with Crippen molar-refractivity contribution < 1.29 is 4.74 Å². The van der Waals surface area contributed by atoms with Crippen LogP contribution in [0.2, 0.25) is 0 Å². The van der Waals surface area contributed by atoms with Crippen LogP contribution in [0, 0.1) is 0 Å². The molecule has 4 rings (SSSR count). The third kappa shape index (κ3) is 3.14. The zero-order chi connectivity index (χ0) is 17.9. The zero-order valence-corrected chi connectivity index (χ0v) is 14.7. The van der Waals surface area contributed by atoms with Gasteiger partial charge in [0.2, 0.25) is 0 Å². The number of hydrazone groups is 1. The van der Waals surface area contributed by atoms with E-state index in [1.807, 2.05) is 54.6 Å². The van der Waals surface area contributed by atoms with Crippen LogP contribution in [-0.2, 0) is 0 Å². The fourth-order valence-corrected chi connectivity index (χ4v) is 3.27. The van der Waals surface area contributed by atoms with Gasteiger partial charge < -0.3 is 10.5 Å². The molecule has 130 valence electrons. The molecule has 0 radical (unpaired) electrons. The second-order valence-electron chi connectivity index (χ2n) is 6.34. The first-order valence-electron chi connectivity index (χ1n) is 8.66. The van der Waals surface area contributed by atoms with Crippen molar-refractivity contribution in [3.8, 4) is 5.75 Å². The van der Waals surface area contributed by atoms with E-state index in [4.69, 9.17) is 15.6 Å². The van der Waals surface area contributed by atoms with Gasteiger partial charge in [-0.05, 0) is 47.5 Å². The van der Waals surface area contributed by atoms with Crippen LogP contribution in [0.1, 0.15) is 23.6 Å². The van der Waals surface area contributed by atoms with Gasteiger partial charge >= 0.3 is 0 Å². The lowest BCUT2D eigenvalue weighted by Crippen LogP contribution is -2.18. The number of anilines is 2. The number of nitrogens with zero attached hydrogens (tertiary/aromatic N) is 2. The average molecular weight is 343 g/mol. The molecule has 0 aliphatic carbocycles. The van der Waals surface area contributed by atoms with Gasteiger partial charge in [0.05, 0.1) is 24.6 Å². The Morgan fingerprint density at radius 3 is 2.27 bits per heavy atom. The molecular weight excluding hydrogens is 322 g/mol. The van der Waals surface area contributed by atoms with Gasteiger partial charge in [-0.15, -0.1) is 0 Å². The van der Waals surface area contributed by atoms with Crippen molar-refractivity contribution >= 4 is 17.1 Å². The minimum atomic E-state index is 0.139. The molecule has 0 fully saturated rings. The lowest BCUT2D eigenvalue weighted by molar-refractivity contribution is 0.414. The van der Waals surface area contributed by atoms with Crippen molar-refractivity contribution in [2.24, 2.45) is 5.10 Å². The highest BCUT2D eigenvalue weighted by molar-refractivity contribution is 6.03. The van der Waals surface area contributed by atoms with Gasteiger partial charge in [-0.1, -0.05) is 42.5 Å². The Morgan fingerprint density at radius 2 is 1.62 bits per heavy atom. The topological polar surface area (TPSA) is 50.8 Å². The fourth-order valence-electron chi connectivity index (χ4n) is 3.27. The van der Waals surface area contributed by atoms with E-state index in [1.165, 1.54) is 5.56 Å². The number of nitrogen functional groups attached to an aromatic ring is 1. The number of nitrogens with two attached hydrogens (primary N) is 1. The maximum Gasteiger partial charge on any atom is 0.118 e. The standard InChI is InChI=1S/C22H21N3O/c1-26-20-13-7-17(8-14-20)22-15-21(16-5-3-2-4-6-16)24-25(22)19-11-9-18(23)10-12-19/h2-14,22H,15,23H2,1H3/t22-/m1/s1. The van der Waals surface area contributed by atoms with Gasteiger partial charge in [0, 0.05) is 12.1 Å². The maximum absolute atomic E-state index is 5.85. The molecule has 3 aromatic carbocycles. The Balaban J connectivity index is 1.72. The number of benzene rings is 3. The number of hydrogen-bond acceptors (Lipinski definition) is 4. The Labute approximate surface area is 153 Å². The van der Waals surface area contributed by atoms with Gasteiger partial charge in [0.15, 0.2) is 0 Å². The predicted octanol–water partition coefficient (Wildman–Crippen LogP) is 4.63. The molecule has 2 N–H and O–H groups in total. The quantitative estimate of drug-likeness (QED) is 0.703. The highest BCUT2D eigenvalue weighted by Gasteiger charge is 2.29. The van der Waals surface area contributed by atoms with E-state index in [2.05, 4.69) is 29.3 Å². The summed E-state index contributed by atoms with van der Waals surface area (Å²) in [5.74, 6) is 0.856. The predicted molar refractivity (Wildman–Crippen MR) is 107 cm³/mol. The van der Waals surface area contributed by atoms with Crippen molar-refractivity contribution in [1.82, 2.24) is 0 Å². The molecule has 0 aromatic heterocycles. The fraction of sp³-hybridized carbons (Fsp3) is 0.136. The van der Waals surface area contributed by atoms with E-state index in [0.717, 1.165) is 34.8 Å². The first-order chi connectivity index (χ1) is 12.7. The first-order valence-corrected chi connectivity index (χ1v) is 8.66. The molecule has 3 aromatic rings. The number of hydrogen-bond donors (Lipinski definition) is 1. The van der Waals surface area contributed by atoms with Gasteiger partial charge in [0.25, 0.3) is 0 Å². The van der Waals surface area contributed by atoms with Crippen molar-refractivity contribution in [1.29, 1.82) is 0 Å². The van der Waals surface area contributed by atoms with E-state index < -0.39 is 0 Å². The lowest BCUT2D eigenvalue weighted by atomic mass is 9.98. The summed E-state index contributed by atoms with van der Waals surface area (Å²) < 4.78 is 5.29. The number of methoxy groups -OCH3 is 1. The average Bonchev–Trinajstić information content (AvgIpc) is 3.15. The van der Waals surface area contributed by atoms with Crippen LogP contribution in [0.3, 0.4) is 0 Å². The molecular formula is C22H21N3O. The normalized spacial score (nSPS) is 16.4. The van der Waals surface area contributed by atoms with Crippen molar-refractivity contribution in [3.63, 3.8) is 0 Å². The Morgan fingerprint density at radius 1 is 0.923 bits per heavy atom. The summed E-state index contributed by atoms with van der Waals surface area (Å²) in [6.45, 7) is 0. The smallest absolute Gasteiger partial charge is 0.118 e. The van der Waals surface area contributed by atoms with Crippen LogP contribution in [0.25, 0.3) is 0 Å². The van der Waals surface area contributed by atoms with Crippen LogP contribution < -0.4 is 15.5 Å². The molecule has 1 atom stereocenters. The SMILES string of the molecule is COc1ccc([C@H]2CC(c3ccccc3)=NN2c2ccc(N)cc2)cc1. The molecule has 0 bridgehead atoms. The van der Waals surface area contributed by atoms with E-state index in [0.29, 0.717) is 0 Å². The van der Waals surface area contributed by atoms with Gasteiger partial charge in [-0.2, -0.15) is 5.10 Å². The van der Waals surface area contributed by atoms with Crippen LogP contribution in [0.4, 0.5) is 11.4 Å². The molecule has 1 aliphatic rings. The molecule has 0 amide bonds. The highest BCUT2D eigenvalue weighted by atomic mass is 16.5. The minimum Gasteiger partial charge on any atom is -0.497 e. The van der Waals surface area contributed by atoms with Crippen LogP contribution >= 0.6 is 0 Å². The summed E-state index contributed by atoms with van der Waals surface area (Å²) in [7, 11) is 1.68. The molecule has 0 unspecified atom stereocenters. The van der Waals surface area contributed by atoms with Gasteiger partial charge in [0.1, 0.15) is 5.75 Å². The van der Waals surface area contributed by atoms with E-state index in [-0.39, 0.29) is 6.04 Å². The molecule has 0 saturated heterocycles. The molecule has 1 aliphatic heterocycles. The summed E-state index contributed by atoms with van der Waals surface area (Å²) in [6, 6.07) is 26.5. The summed E-state index contributed by atoms with van der Waals surface area (Å²) in [5.41, 5.74) is 11.1. The Hall–Kier alpha value is -3.27. The molecule has 4 heteroatoms. The zero-order valence-electron chi connectivity index (χ0n) is 14.7. The largest absolute Gasteiger partial charge is 0.497 e. The second kappa shape index (κ2) is 6.92. The Bertz CT molecular complexity index is 902.